The summed E-state index contributed by atoms with van der Waals surface area (Å²) in [6, 6.07) is 4.97. The number of aromatic nitrogens is 1. The number of aromatic carboxylic acids is 1. The Balaban J connectivity index is 1.81. The molecule has 7 heteroatoms. The number of carboxylic acids is 1. The number of carboxylic acid groups (broad SMARTS) is 1. The molecule has 1 aromatic carbocycles. The summed E-state index contributed by atoms with van der Waals surface area (Å²) in [5.41, 5.74) is 1.25. The number of nitrogens with zero attached hydrogens (tertiary/aromatic N) is 1. The molecular weight excluding hydrogens is 276 g/mol. The summed E-state index contributed by atoms with van der Waals surface area (Å²) in [7, 11) is 1.63. The van der Waals surface area contributed by atoms with Gasteiger partial charge in [0.05, 0.1) is 18.8 Å². The van der Waals surface area contributed by atoms with Crippen LogP contribution in [0.4, 0.5) is 6.01 Å². The van der Waals surface area contributed by atoms with Crippen LogP contribution in [0.5, 0.6) is 0 Å². The zero-order chi connectivity index (χ0) is 15.1. The first kappa shape index (κ1) is 15.3. The van der Waals surface area contributed by atoms with Crippen LogP contribution in [-0.2, 0) is 9.47 Å². The fraction of sp³-hybridized carbons (Fsp3) is 0.429. The summed E-state index contributed by atoms with van der Waals surface area (Å²) in [6.07, 6.45) is 0.808. The maximum absolute atomic E-state index is 10.9. The van der Waals surface area contributed by atoms with Gasteiger partial charge in [-0.05, 0) is 24.6 Å². The van der Waals surface area contributed by atoms with Gasteiger partial charge in [0.15, 0.2) is 5.58 Å². The van der Waals surface area contributed by atoms with E-state index >= 15 is 0 Å². The van der Waals surface area contributed by atoms with Gasteiger partial charge in [-0.15, -0.1) is 0 Å². The fourth-order valence-electron chi connectivity index (χ4n) is 1.75. The third-order valence-electron chi connectivity index (χ3n) is 2.81. The normalized spacial score (nSPS) is 10.9. The minimum atomic E-state index is -0.990. The highest BCUT2D eigenvalue weighted by atomic mass is 16.5. The van der Waals surface area contributed by atoms with Gasteiger partial charge in [-0.1, -0.05) is 0 Å². The lowest BCUT2D eigenvalue weighted by Crippen LogP contribution is -2.08. The van der Waals surface area contributed by atoms with Gasteiger partial charge in [-0.2, -0.15) is 4.98 Å². The maximum atomic E-state index is 10.9. The molecular formula is C14H18N2O5. The predicted octanol–water partition coefficient (Wildman–Crippen LogP) is 1.99. The molecule has 0 fully saturated rings. The predicted molar refractivity (Wildman–Crippen MR) is 76.8 cm³/mol. The summed E-state index contributed by atoms with van der Waals surface area (Å²) in [4.78, 5) is 15.1. The minimum absolute atomic E-state index is 0.178. The number of carbonyl (C=O) groups is 1. The van der Waals surface area contributed by atoms with Crippen LogP contribution in [0.15, 0.2) is 22.6 Å². The van der Waals surface area contributed by atoms with Crippen LogP contribution in [-0.4, -0.2) is 49.5 Å². The molecule has 114 valence electrons. The zero-order valence-electron chi connectivity index (χ0n) is 11.8. The van der Waals surface area contributed by atoms with Crippen molar-refractivity contribution in [3.05, 3.63) is 23.8 Å². The van der Waals surface area contributed by atoms with Crippen molar-refractivity contribution in [3.63, 3.8) is 0 Å². The van der Waals surface area contributed by atoms with Gasteiger partial charge in [-0.3, -0.25) is 0 Å². The van der Waals surface area contributed by atoms with Gasteiger partial charge in [0, 0.05) is 20.3 Å². The van der Waals surface area contributed by atoms with Crippen LogP contribution in [0.25, 0.3) is 11.1 Å². The van der Waals surface area contributed by atoms with Crippen LogP contribution in [0.2, 0.25) is 0 Å². The average molecular weight is 294 g/mol. The number of hydrogen-bond acceptors (Lipinski definition) is 6. The molecule has 21 heavy (non-hydrogen) atoms. The molecule has 1 heterocycles. The van der Waals surface area contributed by atoms with Gasteiger partial charge in [0.2, 0.25) is 0 Å². The second kappa shape index (κ2) is 7.61. The van der Waals surface area contributed by atoms with Gasteiger partial charge in [-0.25, -0.2) is 4.79 Å². The van der Waals surface area contributed by atoms with Crippen LogP contribution >= 0.6 is 0 Å². The first-order valence-corrected chi connectivity index (χ1v) is 6.65. The monoisotopic (exact) mass is 294 g/mol. The standard InChI is InChI=1S/C14H18N2O5/c1-19-7-8-20-6-2-5-15-14-16-11-4-3-10(13(17)18)9-12(11)21-14/h3-4,9H,2,5-8H2,1H3,(H,15,16)(H,17,18). The Morgan fingerprint density at radius 1 is 1.38 bits per heavy atom. The number of hydrogen-bond donors (Lipinski definition) is 2. The molecule has 0 unspecified atom stereocenters. The van der Waals surface area contributed by atoms with E-state index in [-0.39, 0.29) is 5.56 Å². The van der Waals surface area contributed by atoms with Crippen LogP contribution in [0.1, 0.15) is 16.8 Å². The van der Waals surface area contributed by atoms with Crippen molar-refractivity contribution in [1.29, 1.82) is 0 Å². The summed E-state index contributed by atoms with van der Waals surface area (Å²) < 4.78 is 15.7. The number of fused-ring (bicyclic) bond motifs is 1. The summed E-state index contributed by atoms with van der Waals surface area (Å²) in [5, 5.41) is 11.9. The third kappa shape index (κ3) is 4.44. The third-order valence-corrected chi connectivity index (χ3v) is 2.81. The van der Waals surface area contributed by atoms with Crippen molar-refractivity contribution in [2.75, 3.05) is 38.8 Å². The Kier molecular flexibility index (Phi) is 5.53. The van der Waals surface area contributed by atoms with Gasteiger partial charge < -0.3 is 24.3 Å². The maximum Gasteiger partial charge on any atom is 0.335 e. The number of rotatable bonds is 9. The molecule has 0 atom stereocenters. The Bertz CT molecular complexity index is 596. The van der Waals surface area contributed by atoms with Crippen molar-refractivity contribution >= 4 is 23.1 Å². The van der Waals surface area contributed by atoms with E-state index in [1.165, 1.54) is 12.1 Å². The van der Waals surface area contributed by atoms with Gasteiger partial charge >= 0.3 is 5.97 Å². The highest BCUT2D eigenvalue weighted by Crippen LogP contribution is 2.20. The Labute approximate surface area is 121 Å². The van der Waals surface area contributed by atoms with E-state index in [0.29, 0.717) is 43.5 Å². The highest BCUT2D eigenvalue weighted by Gasteiger charge is 2.09. The van der Waals surface area contributed by atoms with Gasteiger partial charge in [0.1, 0.15) is 5.52 Å². The smallest absolute Gasteiger partial charge is 0.335 e. The highest BCUT2D eigenvalue weighted by molar-refractivity contribution is 5.92. The molecule has 0 spiro atoms. The molecule has 1 aromatic heterocycles. The van der Waals surface area contributed by atoms with E-state index < -0.39 is 5.97 Å². The van der Waals surface area contributed by atoms with E-state index in [4.69, 9.17) is 19.0 Å². The number of anilines is 1. The molecule has 0 aliphatic heterocycles. The van der Waals surface area contributed by atoms with E-state index in [9.17, 15) is 4.79 Å². The lowest BCUT2D eigenvalue weighted by molar-refractivity contribution is 0.0696. The number of methoxy groups -OCH3 is 1. The number of ether oxygens (including phenoxy) is 2. The SMILES string of the molecule is COCCOCCCNc1nc2ccc(C(=O)O)cc2o1. The molecule has 2 N–H and O–H groups in total. The molecule has 0 aliphatic carbocycles. The minimum Gasteiger partial charge on any atom is -0.478 e. The van der Waals surface area contributed by atoms with Crippen molar-refractivity contribution in [3.8, 4) is 0 Å². The van der Waals surface area contributed by atoms with Crippen LogP contribution < -0.4 is 5.32 Å². The zero-order valence-corrected chi connectivity index (χ0v) is 11.8. The molecule has 0 radical (unpaired) electrons. The van der Waals surface area contributed by atoms with Crippen molar-refractivity contribution in [1.82, 2.24) is 4.98 Å². The van der Waals surface area contributed by atoms with Crippen molar-refractivity contribution < 1.29 is 23.8 Å². The second-order valence-corrected chi connectivity index (χ2v) is 4.39. The number of nitrogens with one attached hydrogen (secondary N) is 1. The van der Waals surface area contributed by atoms with E-state index in [1.54, 1.807) is 13.2 Å². The molecule has 0 aliphatic rings. The molecule has 0 saturated heterocycles. The van der Waals surface area contributed by atoms with Crippen LogP contribution in [0.3, 0.4) is 0 Å². The first-order valence-electron chi connectivity index (χ1n) is 6.65. The van der Waals surface area contributed by atoms with Gasteiger partial charge in [0.25, 0.3) is 6.01 Å². The molecule has 0 saturated carbocycles. The first-order chi connectivity index (χ1) is 10.2. The quantitative estimate of drug-likeness (QED) is 0.683. The Morgan fingerprint density at radius 2 is 2.24 bits per heavy atom. The molecule has 0 bridgehead atoms. The lowest BCUT2D eigenvalue weighted by atomic mass is 10.2. The Hall–Kier alpha value is -2.12. The van der Waals surface area contributed by atoms with Crippen molar-refractivity contribution in [2.24, 2.45) is 0 Å². The van der Waals surface area contributed by atoms with E-state index in [2.05, 4.69) is 10.3 Å². The van der Waals surface area contributed by atoms with Crippen LogP contribution in [0, 0.1) is 0 Å². The topological polar surface area (TPSA) is 93.8 Å². The largest absolute Gasteiger partial charge is 0.478 e. The second-order valence-electron chi connectivity index (χ2n) is 4.39. The van der Waals surface area contributed by atoms with E-state index in [0.717, 1.165) is 6.42 Å². The summed E-state index contributed by atoms with van der Waals surface area (Å²) >= 11 is 0. The van der Waals surface area contributed by atoms with Crippen molar-refractivity contribution in [2.45, 2.75) is 6.42 Å². The molecule has 2 rings (SSSR count). The fourth-order valence-corrected chi connectivity index (χ4v) is 1.75. The lowest BCUT2D eigenvalue weighted by Gasteiger charge is -2.03. The Morgan fingerprint density at radius 3 is 3.00 bits per heavy atom. The summed E-state index contributed by atoms with van der Waals surface area (Å²) in [5.74, 6) is -0.990. The molecule has 0 amide bonds. The molecule has 7 nitrogen and oxygen atoms in total. The summed E-state index contributed by atoms with van der Waals surface area (Å²) in [6.45, 7) is 2.45. The average Bonchev–Trinajstić information content (AvgIpc) is 2.88. The number of benzene rings is 1. The van der Waals surface area contributed by atoms with E-state index in [1.807, 2.05) is 0 Å². The molecule has 2 aromatic rings. The number of oxazole rings is 1.